The van der Waals surface area contributed by atoms with Crippen LogP contribution >= 0.6 is 0 Å². The van der Waals surface area contributed by atoms with Crippen molar-refractivity contribution in [3.8, 4) is 23.3 Å². The smallest absolute Gasteiger partial charge is 0.407 e. The molecule has 21 heavy (non-hydrogen) atoms. The lowest BCUT2D eigenvalue weighted by atomic mass is 10.2. The molecule has 0 aromatic heterocycles. The van der Waals surface area contributed by atoms with Gasteiger partial charge in [0.05, 0.1) is 12.7 Å². The molecule has 0 spiro atoms. The van der Waals surface area contributed by atoms with E-state index in [0.717, 1.165) is 0 Å². The molecule has 0 fully saturated rings. The molecular weight excluding hydrogens is 270 g/mol. The predicted octanol–water partition coefficient (Wildman–Crippen LogP) is 2.67. The van der Waals surface area contributed by atoms with E-state index in [-0.39, 0.29) is 5.75 Å². The first-order valence-electron chi connectivity index (χ1n) is 6.64. The van der Waals surface area contributed by atoms with E-state index in [1.165, 1.54) is 12.1 Å². The number of methoxy groups -OCH3 is 1. The number of phenols is 1. The van der Waals surface area contributed by atoms with Gasteiger partial charge in [-0.1, -0.05) is 11.8 Å². The molecule has 1 aromatic carbocycles. The summed E-state index contributed by atoms with van der Waals surface area (Å²) in [5.41, 5.74) is 0.0970. The van der Waals surface area contributed by atoms with Gasteiger partial charge in [0.1, 0.15) is 17.1 Å². The number of hydrogen-bond acceptors (Lipinski definition) is 4. The average Bonchev–Trinajstić information content (AvgIpc) is 2.36. The van der Waals surface area contributed by atoms with E-state index in [9.17, 15) is 9.90 Å². The van der Waals surface area contributed by atoms with E-state index in [1.54, 1.807) is 33.9 Å². The summed E-state index contributed by atoms with van der Waals surface area (Å²) in [7, 11) is 1.54. The molecule has 0 unspecified atom stereocenters. The highest BCUT2D eigenvalue weighted by Crippen LogP contribution is 2.21. The number of phenolic OH excluding ortho intramolecular Hbond substituents is 1. The molecule has 1 amide bonds. The van der Waals surface area contributed by atoms with Crippen molar-refractivity contribution in [3.05, 3.63) is 23.8 Å². The number of aromatic hydroxyl groups is 1. The van der Waals surface area contributed by atoms with Crippen molar-refractivity contribution in [2.75, 3.05) is 13.7 Å². The fourth-order valence-corrected chi connectivity index (χ4v) is 1.49. The van der Waals surface area contributed by atoms with Crippen molar-refractivity contribution in [1.82, 2.24) is 5.32 Å². The Morgan fingerprint density at radius 2 is 2.10 bits per heavy atom. The molecular formula is C16H21NO4. The van der Waals surface area contributed by atoms with Gasteiger partial charge in [0.15, 0.2) is 0 Å². The second kappa shape index (κ2) is 7.44. The molecule has 0 aliphatic heterocycles. The molecule has 0 aliphatic rings. The molecule has 1 rings (SSSR count). The molecule has 5 heteroatoms. The fraction of sp³-hybridized carbons (Fsp3) is 0.438. The third kappa shape index (κ3) is 6.57. The average molecular weight is 291 g/mol. The summed E-state index contributed by atoms with van der Waals surface area (Å²) in [5.74, 6) is 6.54. The lowest BCUT2D eigenvalue weighted by Gasteiger charge is -2.19. The Bertz CT molecular complexity index is 550. The van der Waals surface area contributed by atoms with Crippen LogP contribution < -0.4 is 10.1 Å². The molecule has 0 heterocycles. The molecule has 0 bridgehead atoms. The molecule has 0 aliphatic carbocycles. The van der Waals surface area contributed by atoms with Crippen LogP contribution in [0, 0.1) is 11.8 Å². The Hall–Kier alpha value is -2.35. The molecule has 114 valence electrons. The third-order valence-electron chi connectivity index (χ3n) is 2.32. The van der Waals surface area contributed by atoms with E-state index >= 15 is 0 Å². The minimum absolute atomic E-state index is 0.131. The minimum Gasteiger partial charge on any atom is -0.508 e. The Labute approximate surface area is 125 Å². The fourth-order valence-electron chi connectivity index (χ4n) is 1.49. The van der Waals surface area contributed by atoms with E-state index in [2.05, 4.69) is 17.2 Å². The van der Waals surface area contributed by atoms with E-state index in [0.29, 0.717) is 24.3 Å². The third-order valence-corrected chi connectivity index (χ3v) is 2.32. The van der Waals surface area contributed by atoms with Gasteiger partial charge in [0.2, 0.25) is 0 Å². The highest BCUT2D eigenvalue weighted by Gasteiger charge is 2.15. The SMILES string of the molecule is COc1ccc(O)cc1C#CCCNC(=O)OC(C)(C)C. The van der Waals surface area contributed by atoms with Crippen molar-refractivity contribution in [3.63, 3.8) is 0 Å². The summed E-state index contributed by atoms with van der Waals surface area (Å²) >= 11 is 0. The summed E-state index contributed by atoms with van der Waals surface area (Å²) in [5, 5.41) is 12.0. The van der Waals surface area contributed by atoms with Gasteiger partial charge in [-0.25, -0.2) is 4.79 Å². The number of benzene rings is 1. The molecule has 1 aromatic rings. The summed E-state index contributed by atoms with van der Waals surface area (Å²) in [6.07, 6.45) is 0.0113. The summed E-state index contributed by atoms with van der Waals surface area (Å²) < 4.78 is 10.3. The maximum absolute atomic E-state index is 11.4. The van der Waals surface area contributed by atoms with Crippen LogP contribution in [0.5, 0.6) is 11.5 Å². The highest BCUT2D eigenvalue weighted by atomic mass is 16.6. The quantitative estimate of drug-likeness (QED) is 0.663. The summed E-state index contributed by atoms with van der Waals surface area (Å²) in [4.78, 5) is 11.4. The molecule has 0 saturated heterocycles. The van der Waals surface area contributed by atoms with Gasteiger partial charge in [0.25, 0.3) is 0 Å². The van der Waals surface area contributed by atoms with Crippen molar-refractivity contribution in [1.29, 1.82) is 0 Å². The van der Waals surface area contributed by atoms with Crippen LogP contribution in [-0.4, -0.2) is 30.5 Å². The molecule has 0 radical (unpaired) electrons. The Balaban J connectivity index is 2.47. The van der Waals surface area contributed by atoms with Crippen molar-refractivity contribution in [2.24, 2.45) is 0 Å². The number of nitrogens with one attached hydrogen (secondary N) is 1. The Morgan fingerprint density at radius 1 is 1.38 bits per heavy atom. The zero-order chi connectivity index (χ0) is 15.9. The topological polar surface area (TPSA) is 67.8 Å². The number of amides is 1. The van der Waals surface area contributed by atoms with Crippen LogP contribution in [0.3, 0.4) is 0 Å². The van der Waals surface area contributed by atoms with Gasteiger partial charge in [-0.2, -0.15) is 0 Å². The highest BCUT2D eigenvalue weighted by molar-refractivity contribution is 5.67. The minimum atomic E-state index is -0.509. The molecule has 2 N–H and O–H groups in total. The summed E-state index contributed by atoms with van der Waals surface area (Å²) in [6, 6.07) is 4.72. The number of alkyl carbamates (subject to hydrolysis) is 1. The number of hydrogen-bond donors (Lipinski definition) is 2. The number of rotatable bonds is 3. The van der Waals surface area contributed by atoms with Gasteiger partial charge in [-0.05, 0) is 39.0 Å². The maximum Gasteiger partial charge on any atom is 0.407 e. The zero-order valence-electron chi connectivity index (χ0n) is 12.8. The Kier molecular flexibility index (Phi) is 5.92. The normalized spacial score (nSPS) is 10.3. The molecule has 0 atom stereocenters. The summed E-state index contributed by atoms with van der Waals surface area (Å²) in [6.45, 7) is 5.81. The van der Waals surface area contributed by atoms with Crippen LogP contribution in [0.1, 0.15) is 32.8 Å². The van der Waals surface area contributed by atoms with Gasteiger partial charge in [0, 0.05) is 13.0 Å². The largest absolute Gasteiger partial charge is 0.508 e. The first-order valence-corrected chi connectivity index (χ1v) is 6.64. The number of carbonyl (C=O) groups is 1. The van der Waals surface area contributed by atoms with Crippen molar-refractivity contribution in [2.45, 2.75) is 32.8 Å². The van der Waals surface area contributed by atoms with Crippen LogP contribution in [0.15, 0.2) is 18.2 Å². The lowest BCUT2D eigenvalue weighted by Crippen LogP contribution is -2.32. The van der Waals surface area contributed by atoms with Gasteiger partial charge in [-0.15, -0.1) is 0 Å². The monoisotopic (exact) mass is 291 g/mol. The zero-order valence-corrected chi connectivity index (χ0v) is 12.8. The van der Waals surface area contributed by atoms with Gasteiger partial charge < -0.3 is 19.9 Å². The van der Waals surface area contributed by atoms with Crippen LogP contribution in [0.4, 0.5) is 4.79 Å². The predicted molar refractivity (Wildman–Crippen MR) is 80.4 cm³/mol. The van der Waals surface area contributed by atoms with Gasteiger partial charge in [-0.3, -0.25) is 0 Å². The Morgan fingerprint density at radius 3 is 2.71 bits per heavy atom. The van der Waals surface area contributed by atoms with Gasteiger partial charge >= 0.3 is 6.09 Å². The maximum atomic E-state index is 11.4. The molecule has 0 saturated carbocycles. The first-order chi connectivity index (χ1) is 9.81. The van der Waals surface area contributed by atoms with Crippen LogP contribution in [-0.2, 0) is 4.74 Å². The number of carbonyl (C=O) groups excluding carboxylic acids is 1. The second-order valence-corrected chi connectivity index (χ2v) is 5.37. The van der Waals surface area contributed by atoms with E-state index in [1.807, 2.05) is 0 Å². The van der Waals surface area contributed by atoms with Crippen molar-refractivity contribution >= 4 is 6.09 Å². The number of ether oxygens (including phenoxy) is 2. The lowest BCUT2D eigenvalue weighted by molar-refractivity contribution is 0.0529. The standard InChI is InChI=1S/C16H21NO4/c1-16(2,3)21-15(19)17-10-6-5-7-12-11-13(18)8-9-14(12)20-4/h8-9,11,18H,6,10H2,1-4H3,(H,17,19). The van der Waals surface area contributed by atoms with E-state index < -0.39 is 11.7 Å². The first kappa shape index (κ1) is 16.7. The second-order valence-electron chi connectivity index (χ2n) is 5.37. The van der Waals surface area contributed by atoms with E-state index in [4.69, 9.17) is 9.47 Å². The van der Waals surface area contributed by atoms with Crippen LogP contribution in [0.25, 0.3) is 0 Å². The van der Waals surface area contributed by atoms with Crippen LogP contribution in [0.2, 0.25) is 0 Å². The van der Waals surface area contributed by atoms with Crippen molar-refractivity contribution < 1.29 is 19.4 Å². The molecule has 5 nitrogen and oxygen atoms in total.